The number of nitrogens with one attached hydrogen (secondary N) is 1. The Bertz CT molecular complexity index is 798. The number of sulfone groups is 1. The molecule has 3 rings (SSSR count). The Morgan fingerprint density at radius 3 is 2.90 bits per heavy atom. The number of aromatic nitrogens is 1. The molecule has 0 bridgehead atoms. The summed E-state index contributed by atoms with van der Waals surface area (Å²) in [4.78, 5) is 12.1. The third-order valence-electron chi connectivity index (χ3n) is 3.65. The van der Waals surface area contributed by atoms with Gasteiger partial charge in [-0.05, 0) is 30.0 Å². The van der Waals surface area contributed by atoms with E-state index in [1.807, 2.05) is 35.0 Å². The molecule has 1 fully saturated rings. The van der Waals surface area contributed by atoms with E-state index in [9.17, 15) is 13.2 Å². The summed E-state index contributed by atoms with van der Waals surface area (Å²) in [6, 6.07) is 7.60. The highest BCUT2D eigenvalue weighted by atomic mass is 79.9. The number of hydrogen-bond acceptors (Lipinski definition) is 3. The maximum Gasteiger partial charge on any atom is 0.240 e. The molecule has 2 heterocycles. The van der Waals surface area contributed by atoms with Gasteiger partial charge in [0.1, 0.15) is 6.54 Å². The van der Waals surface area contributed by atoms with Gasteiger partial charge >= 0.3 is 0 Å². The van der Waals surface area contributed by atoms with E-state index < -0.39 is 9.84 Å². The molecular formula is C14H15BrN2O3S. The van der Waals surface area contributed by atoms with Crippen molar-refractivity contribution in [3.63, 3.8) is 0 Å². The van der Waals surface area contributed by atoms with Crippen LogP contribution in [0, 0.1) is 0 Å². The normalized spacial score (nSPS) is 20.7. The lowest BCUT2D eigenvalue weighted by atomic mass is 10.2. The molecule has 1 N–H and O–H groups in total. The summed E-state index contributed by atoms with van der Waals surface area (Å²) in [6.45, 7) is 0.191. The second kappa shape index (κ2) is 5.46. The van der Waals surface area contributed by atoms with Gasteiger partial charge in [-0.2, -0.15) is 0 Å². The molecule has 1 aromatic carbocycles. The smallest absolute Gasteiger partial charge is 0.240 e. The minimum absolute atomic E-state index is 0.0523. The zero-order valence-electron chi connectivity index (χ0n) is 11.3. The summed E-state index contributed by atoms with van der Waals surface area (Å²) >= 11 is 3.42. The fourth-order valence-electron chi connectivity index (χ4n) is 2.63. The Labute approximate surface area is 131 Å². The average molecular weight is 371 g/mol. The lowest BCUT2D eigenvalue weighted by molar-refractivity contribution is -0.122. The van der Waals surface area contributed by atoms with Crippen molar-refractivity contribution < 1.29 is 13.2 Å². The molecule has 0 radical (unpaired) electrons. The quantitative estimate of drug-likeness (QED) is 0.893. The third-order valence-corrected chi connectivity index (χ3v) is 5.91. The lowest BCUT2D eigenvalue weighted by Crippen LogP contribution is -2.37. The third kappa shape index (κ3) is 3.29. The minimum atomic E-state index is -2.97. The highest BCUT2D eigenvalue weighted by Gasteiger charge is 2.28. The van der Waals surface area contributed by atoms with Crippen LogP contribution in [0.5, 0.6) is 0 Å². The van der Waals surface area contributed by atoms with Crippen molar-refractivity contribution in [3.05, 3.63) is 34.9 Å². The predicted octanol–water partition coefficient (Wildman–Crippen LogP) is 1.71. The number of nitrogens with zero attached hydrogens (tertiary/aromatic N) is 1. The highest BCUT2D eigenvalue weighted by Crippen LogP contribution is 2.21. The Hall–Kier alpha value is -1.34. The van der Waals surface area contributed by atoms with Crippen LogP contribution in [0.15, 0.2) is 34.9 Å². The van der Waals surface area contributed by atoms with Gasteiger partial charge in [0.25, 0.3) is 0 Å². The van der Waals surface area contributed by atoms with Crippen LogP contribution < -0.4 is 5.32 Å². The number of benzene rings is 1. The molecular weight excluding hydrogens is 356 g/mol. The van der Waals surface area contributed by atoms with Gasteiger partial charge in [-0.1, -0.05) is 22.0 Å². The molecule has 7 heteroatoms. The summed E-state index contributed by atoms with van der Waals surface area (Å²) in [5, 5.41) is 3.87. The van der Waals surface area contributed by atoms with E-state index in [0.717, 1.165) is 15.4 Å². The first-order chi connectivity index (χ1) is 9.93. The predicted molar refractivity (Wildman–Crippen MR) is 84.8 cm³/mol. The van der Waals surface area contributed by atoms with E-state index in [1.165, 1.54) is 0 Å². The second-order valence-electron chi connectivity index (χ2n) is 5.31. The van der Waals surface area contributed by atoms with Crippen molar-refractivity contribution in [1.82, 2.24) is 9.88 Å². The summed E-state index contributed by atoms with van der Waals surface area (Å²) in [5.41, 5.74) is 0.971. The van der Waals surface area contributed by atoms with Crippen molar-refractivity contribution in [3.8, 4) is 0 Å². The van der Waals surface area contributed by atoms with E-state index >= 15 is 0 Å². The first-order valence-electron chi connectivity index (χ1n) is 6.67. The van der Waals surface area contributed by atoms with Crippen LogP contribution in [0.2, 0.25) is 0 Å². The second-order valence-corrected chi connectivity index (χ2v) is 8.46. The fourth-order valence-corrected chi connectivity index (χ4v) is 4.65. The maximum absolute atomic E-state index is 12.1. The van der Waals surface area contributed by atoms with E-state index in [1.54, 1.807) is 0 Å². The Balaban J connectivity index is 1.70. The van der Waals surface area contributed by atoms with E-state index in [4.69, 9.17) is 0 Å². The molecule has 1 saturated heterocycles. The van der Waals surface area contributed by atoms with Gasteiger partial charge in [0, 0.05) is 22.2 Å². The number of carbonyl (C=O) groups is 1. The van der Waals surface area contributed by atoms with Crippen molar-refractivity contribution in [2.24, 2.45) is 0 Å². The van der Waals surface area contributed by atoms with Crippen LogP contribution in [0.3, 0.4) is 0 Å². The maximum atomic E-state index is 12.1. The van der Waals surface area contributed by atoms with Gasteiger partial charge in [-0.25, -0.2) is 8.42 Å². The van der Waals surface area contributed by atoms with Crippen molar-refractivity contribution >= 4 is 42.6 Å². The van der Waals surface area contributed by atoms with Crippen LogP contribution in [-0.4, -0.2) is 36.4 Å². The van der Waals surface area contributed by atoms with Crippen molar-refractivity contribution in [2.75, 3.05) is 11.5 Å². The molecule has 1 aliphatic rings. The molecule has 1 amide bonds. The van der Waals surface area contributed by atoms with Gasteiger partial charge in [-0.15, -0.1) is 0 Å². The summed E-state index contributed by atoms with van der Waals surface area (Å²) < 4.78 is 25.6. The first kappa shape index (κ1) is 14.6. The lowest BCUT2D eigenvalue weighted by Gasteiger charge is -2.12. The fraction of sp³-hybridized carbons (Fsp3) is 0.357. The summed E-state index contributed by atoms with van der Waals surface area (Å²) in [6.07, 6.45) is 2.37. The van der Waals surface area contributed by atoms with Gasteiger partial charge in [0.05, 0.1) is 11.5 Å². The number of amides is 1. The number of carbonyl (C=O) groups excluding carboxylic acids is 1. The van der Waals surface area contributed by atoms with Crippen molar-refractivity contribution in [1.29, 1.82) is 0 Å². The molecule has 0 spiro atoms. The zero-order chi connectivity index (χ0) is 15.0. The van der Waals surface area contributed by atoms with Gasteiger partial charge in [-0.3, -0.25) is 4.79 Å². The number of hydrogen-bond donors (Lipinski definition) is 1. The topological polar surface area (TPSA) is 68.2 Å². The number of rotatable bonds is 3. The molecule has 1 aromatic heterocycles. The standard InChI is InChI=1S/C14H15BrN2O3S/c15-11-2-1-10-3-5-17(13(10)7-11)8-14(18)16-12-4-6-21(19,20)9-12/h1-3,5,7,12H,4,6,8-9H2,(H,16,18). The van der Waals surface area contributed by atoms with Crippen LogP contribution in [-0.2, 0) is 21.2 Å². The summed E-state index contributed by atoms with van der Waals surface area (Å²) in [7, 11) is -2.97. The van der Waals surface area contributed by atoms with E-state index in [0.29, 0.717) is 6.42 Å². The zero-order valence-corrected chi connectivity index (χ0v) is 13.7. The molecule has 2 aromatic rings. The first-order valence-corrected chi connectivity index (χ1v) is 9.28. The van der Waals surface area contributed by atoms with Gasteiger partial charge in [0.15, 0.2) is 9.84 Å². The molecule has 1 aliphatic heterocycles. The summed E-state index contributed by atoms with van der Waals surface area (Å²) in [5.74, 6) is 0.0585. The van der Waals surface area contributed by atoms with Crippen LogP contribution in [0.25, 0.3) is 10.9 Å². The minimum Gasteiger partial charge on any atom is -0.351 e. The van der Waals surface area contributed by atoms with Gasteiger partial charge in [0.2, 0.25) is 5.91 Å². The molecule has 21 heavy (non-hydrogen) atoms. The Morgan fingerprint density at radius 2 is 2.19 bits per heavy atom. The molecule has 0 aliphatic carbocycles. The Morgan fingerprint density at radius 1 is 1.38 bits per heavy atom. The highest BCUT2D eigenvalue weighted by molar-refractivity contribution is 9.10. The monoisotopic (exact) mass is 370 g/mol. The number of fused-ring (bicyclic) bond motifs is 1. The molecule has 0 saturated carbocycles. The molecule has 1 atom stereocenters. The SMILES string of the molecule is O=C(Cn1ccc2ccc(Br)cc21)NC1CCS(=O)(=O)C1. The van der Waals surface area contributed by atoms with E-state index in [-0.39, 0.29) is 30.0 Å². The molecule has 112 valence electrons. The van der Waals surface area contributed by atoms with Gasteiger partial charge < -0.3 is 9.88 Å². The average Bonchev–Trinajstić information content (AvgIpc) is 2.93. The largest absolute Gasteiger partial charge is 0.351 e. The number of halogens is 1. The van der Waals surface area contributed by atoms with Crippen molar-refractivity contribution in [2.45, 2.75) is 19.0 Å². The van der Waals surface area contributed by atoms with Crippen LogP contribution >= 0.6 is 15.9 Å². The van der Waals surface area contributed by atoms with Crippen LogP contribution in [0.4, 0.5) is 0 Å². The van der Waals surface area contributed by atoms with E-state index in [2.05, 4.69) is 21.2 Å². The Kier molecular flexibility index (Phi) is 3.79. The molecule has 5 nitrogen and oxygen atoms in total. The van der Waals surface area contributed by atoms with Crippen LogP contribution in [0.1, 0.15) is 6.42 Å². The molecule has 1 unspecified atom stereocenters.